The van der Waals surface area contributed by atoms with E-state index in [4.69, 9.17) is 4.74 Å². The molecule has 0 fully saturated rings. The molecule has 0 aliphatic rings. The van der Waals surface area contributed by atoms with Crippen molar-refractivity contribution < 1.29 is 22.3 Å². The Morgan fingerprint density at radius 2 is 2.10 bits per heavy atom. The van der Waals surface area contributed by atoms with Gasteiger partial charge in [-0.1, -0.05) is 30.3 Å². The predicted molar refractivity (Wildman–Crippen MR) is 112 cm³/mol. The van der Waals surface area contributed by atoms with E-state index in [2.05, 4.69) is 9.35 Å². The van der Waals surface area contributed by atoms with Gasteiger partial charge in [0.25, 0.3) is 0 Å². The molecule has 0 saturated carbocycles. The third kappa shape index (κ3) is 5.39. The molecule has 0 bridgehead atoms. The van der Waals surface area contributed by atoms with Crippen LogP contribution in [0.4, 0.5) is 9.18 Å². The maximum atomic E-state index is 14.8. The van der Waals surface area contributed by atoms with E-state index < -0.39 is 22.4 Å². The maximum absolute atomic E-state index is 14.8. The zero-order chi connectivity index (χ0) is 21.8. The smallest absolute Gasteiger partial charge is 0.396 e. The number of imidazole rings is 1. The van der Waals surface area contributed by atoms with Gasteiger partial charge in [-0.3, -0.25) is 0 Å². The monoisotopic (exact) mass is 449 g/mol. The second-order valence-corrected chi connectivity index (χ2v) is 8.81. The number of hydrogen-bond acceptors (Lipinski definition) is 6. The first kappa shape index (κ1) is 21.8. The van der Waals surface area contributed by atoms with Crippen molar-refractivity contribution in [2.24, 2.45) is 10.3 Å². The first-order valence-corrected chi connectivity index (χ1v) is 11.0. The molecule has 0 aliphatic carbocycles. The van der Waals surface area contributed by atoms with Crippen molar-refractivity contribution in [3.05, 3.63) is 58.7 Å². The Morgan fingerprint density at radius 3 is 2.70 bits per heavy atom. The van der Waals surface area contributed by atoms with Gasteiger partial charge in [-0.05, 0) is 37.0 Å². The molecule has 0 aliphatic heterocycles. The topological polar surface area (TPSA) is 90.6 Å². The Bertz CT molecular complexity index is 1200. The van der Waals surface area contributed by atoms with Gasteiger partial charge in [0.2, 0.25) is 0 Å². The number of ether oxygens (including phenoxy) is 1. The normalized spacial score (nSPS) is 11.0. The fourth-order valence-electron chi connectivity index (χ4n) is 2.96. The number of amides is 1. The molecule has 10 heteroatoms. The Hall–Kier alpha value is -2.85. The summed E-state index contributed by atoms with van der Waals surface area (Å²) in [6, 6.07) is 6.62. The summed E-state index contributed by atoms with van der Waals surface area (Å²) in [5.74, 6) is 0.736. The summed E-state index contributed by atoms with van der Waals surface area (Å²) in [6.07, 6.45) is 2.93. The van der Waals surface area contributed by atoms with Crippen LogP contribution >= 0.6 is 11.3 Å². The Kier molecular flexibility index (Phi) is 6.78. The van der Waals surface area contributed by atoms with Gasteiger partial charge in [-0.2, -0.15) is 8.42 Å². The number of nitrogens with zero attached hydrogens (tertiary/aromatic N) is 3. The predicted octanol–water partition coefficient (Wildman–Crippen LogP) is 4.87. The Balaban J connectivity index is 1.95. The van der Waals surface area contributed by atoms with Crippen LogP contribution in [0.1, 0.15) is 30.1 Å². The minimum absolute atomic E-state index is 0.183. The lowest BCUT2D eigenvalue weighted by atomic mass is 10.0. The van der Waals surface area contributed by atoms with E-state index in [9.17, 15) is 17.6 Å². The molecule has 1 aromatic carbocycles. The number of aromatic nitrogens is 2. The van der Waals surface area contributed by atoms with Gasteiger partial charge in [0.05, 0.1) is 6.54 Å². The fraction of sp³-hybridized carbons (Fsp3) is 0.300. The summed E-state index contributed by atoms with van der Waals surface area (Å²) in [4.78, 5) is 16.8. The van der Waals surface area contributed by atoms with E-state index in [1.165, 1.54) is 17.4 Å². The summed E-state index contributed by atoms with van der Waals surface area (Å²) in [5.41, 5.74) is 1.53. The number of carbonyl (C=O) groups excluding carboxylic acids is 1. The number of hydrogen-bond donors (Lipinski definition) is 0. The average molecular weight is 450 g/mol. The molecule has 0 N–H and O–H groups in total. The van der Waals surface area contributed by atoms with E-state index in [0.29, 0.717) is 29.2 Å². The Labute approximate surface area is 178 Å². The molecule has 7 nitrogen and oxygen atoms in total. The number of aryl methyl sites for hydroxylation is 1. The third-order valence-electron chi connectivity index (χ3n) is 4.32. The van der Waals surface area contributed by atoms with Crippen LogP contribution < -0.4 is 4.74 Å². The highest BCUT2D eigenvalue weighted by atomic mass is 32.2. The standard InChI is InChI=1S/C20H20FN3O4S2/c1-12(2)8-16-10-17(19(29-16)28-20(25)23-30(26)27)14-4-5-15(18(21)9-14)11-24-7-6-22-13(24)3/h4-7,9-10,12H,8,11H2,1-3H3. The van der Waals surface area contributed by atoms with Gasteiger partial charge < -0.3 is 9.30 Å². The molecular weight excluding hydrogens is 429 g/mol. The minimum atomic E-state index is -2.91. The van der Waals surface area contributed by atoms with Gasteiger partial charge >= 0.3 is 16.6 Å². The van der Waals surface area contributed by atoms with Crippen LogP contribution in [0, 0.1) is 18.7 Å². The molecule has 0 radical (unpaired) electrons. The van der Waals surface area contributed by atoms with Gasteiger partial charge in [0.1, 0.15) is 11.6 Å². The molecule has 158 valence electrons. The van der Waals surface area contributed by atoms with Crippen LogP contribution in [0.25, 0.3) is 11.1 Å². The molecule has 2 heterocycles. The number of halogens is 1. The van der Waals surface area contributed by atoms with E-state index in [1.54, 1.807) is 24.5 Å². The zero-order valence-corrected chi connectivity index (χ0v) is 18.3. The lowest BCUT2D eigenvalue weighted by Gasteiger charge is -2.09. The van der Waals surface area contributed by atoms with Crippen LogP contribution in [-0.4, -0.2) is 24.1 Å². The molecule has 30 heavy (non-hydrogen) atoms. The Morgan fingerprint density at radius 1 is 1.33 bits per heavy atom. The third-order valence-corrected chi connectivity index (χ3v) is 5.65. The number of rotatable bonds is 6. The highest BCUT2D eigenvalue weighted by Gasteiger charge is 2.18. The summed E-state index contributed by atoms with van der Waals surface area (Å²) >= 11 is 1.21. The highest BCUT2D eigenvalue weighted by molar-refractivity contribution is 7.62. The molecule has 3 rings (SSSR count). The SMILES string of the molecule is Cc1nccn1Cc1ccc(-c2cc(CC(C)C)sc2OC(=O)N=S(=O)=O)cc1F. The van der Waals surface area contributed by atoms with Crippen LogP contribution in [-0.2, 0) is 23.5 Å². The first-order valence-electron chi connectivity index (χ1n) is 9.15. The van der Waals surface area contributed by atoms with Crippen molar-refractivity contribution in [2.45, 2.75) is 33.7 Å². The van der Waals surface area contributed by atoms with Crippen LogP contribution in [0.2, 0.25) is 0 Å². The summed E-state index contributed by atoms with van der Waals surface area (Å²) in [7, 11) is -2.91. The molecule has 0 saturated heterocycles. The average Bonchev–Trinajstić information content (AvgIpc) is 3.21. The van der Waals surface area contributed by atoms with E-state index >= 15 is 0 Å². The van der Waals surface area contributed by atoms with Crippen molar-refractivity contribution in [1.29, 1.82) is 0 Å². The van der Waals surface area contributed by atoms with Crippen molar-refractivity contribution in [1.82, 2.24) is 9.55 Å². The fourth-order valence-corrected chi connectivity index (χ4v) is 4.35. The van der Waals surface area contributed by atoms with Crippen molar-refractivity contribution in [3.63, 3.8) is 0 Å². The largest absolute Gasteiger partial charge is 0.455 e. The van der Waals surface area contributed by atoms with Gasteiger partial charge in [-0.25, -0.2) is 14.2 Å². The highest BCUT2D eigenvalue weighted by Crippen LogP contribution is 2.40. The molecule has 0 unspecified atom stereocenters. The lowest BCUT2D eigenvalue weighted by Crippen LogP contribution is -2.03. The second-order valence-electron chi connectivity index (χ2n) is 7.10. The lowest BCUT2D eigenvalue weighted by molar-refractivity contribution is 0.213. The van der Waals surface area contributed by atoms with Crippen molar-refractivity contribution >= 4 is 27.9 Å². The first-order chi connectivity index (χ1) is 14.2. The summed E-state index contributed by atoms with van der Waals surface area (Å²) < 4.78 is 45.9. The summed E-state index contributed by atoms with van der Waals surface area (Å²) in [6.45, 7) is 6.28. The van der Waals surface area contributed by atoms with Gasteiger partial charge in [0, 0.05) is 28.4 Å². The second kappa shape index (κ2) is 9.31. The van der Waals surface area contributed by atoms with Crippen molar-refractivity contribution in [2.75, 3.05) is 0 Å². The minimum Gasteiger partial charge on any atom is -0.396 e. The molecule has 0 atom stereocenters. The quantitative estimate of drug-likeness (QED) is 0.536. The number of thiophene rings is 1. The number of benzene rings is 1. The van der Waals surface area contributed by atoms with Crippen LogP contribution in [0.15, 0.2) is 41.0 Å². The van der Waals surface area contributed by atoms with Crippen molar-refractivity contribution in [3.8, 4) is 16.2 Å². The molecule has 0 spiro atoms. The molecule has 3 aromatic rings. The van der Waals surface area contributed by atoms with Crippen LogP contribution in [0.3, 0.4) is 0 Å². The number of carbonyl (C=O) groups is 1. The summed E-state index contributed by atoms with van der Waals surface area (Å²) in [5, 5.41) is 0.183. The van der Waals surface area contributed by atoms with E-state index in [0.717, 1.165) is 17.1 Å². The molecular formula is C20H20FN3O4S2. The van der Waals surface area contributed by atoms with E-state index in [1.807, 2.05) is 31.4 Å². The molecule has 2 aromatic heterocycles. The maximum Gasteiger partial charge on any atom is 0.455 e. The zero-order valence-electron chi connectivity index (χ0n) is 16.6. The van der Waals surface area contributed by atoms with Gasteiger partial charge in [0.15, 0.2) is 5.06 Å². The van der Waals surface area contributed by atoms with E-state index in [-0.39, 0.29) is 5.06 Å². The van der Waals surface area contributed by atoms with Gasteiger partial charge in [-0.15, -0.1) is 11.3 Å². The van der Waals surface area contributed by atoms with Crippen LogP contribution in [0.5, 0.6) is 5.06 Å². The molecule has 1 amide bonds.